The fourth-order valence-electron chi connectivity index (χ4n) is 3.94. The smallest absolute Gasteiger partial charge is 0.254 e. The van der Waals surface area contributed by atoms with Crippen LogP contribution in [0.1, 0.15) is 27.2 Å². The second-order valence-corrected chi connectivity index (χ2v) is 7.87. The monoisotopic (exact) mass is 415 g/mol. The first kappa shape index (κ1) is 18.6. The summed E-state index contributed by atoms with van der Waals surface area (Å²) in [7, 11) is 0. The molecule has 3 aromatic rings. The van der Waals surface area contributed by atoms with Gasteiger partial charge in [-0.2, -0.15) is 0 Å². The molecule has 1 aliphatic heterocycles. The number of aromatic nitrogens is 1. The Labute approximate surface area is 178 Å². The van der Waals surface area contributed by atoms with E-state index in [1.807, 2.05) is 36.5 Å². The van der Waals surface area contributed by atoms with E-state index in [1.165, 1.54) is 0 Å². The second kappa shape index (κ2) is 7.43. The van der Waals surface area contributed by atoms with Crippen LogP contribution in [0.25, 0.3) is 17.2 Å². The molecule has 5 rings (SSSR count). The number of carbonyl (C=O) groups is 2. The number of nitrogens with zero attached hydrogens (tertiary/aromatic N) is 1. The van der Waals surface area contributed by atoms with Gasteiger partial charge in [0.1, 0.15) is 6.04 Å². The molecule has 0 radical (unpaired) electrons. The van der Waals surface area contributed by atoms with E-state index in [4.69, 9.17) is 11.6 Å². The Balaban J connectivity index is 1.37. The van der Waals surface area contributed by atoms with E-state index in [0.717, 1.165) is 34.4 Å². The molecule has 0 saturated carbocycles. The first-order chi connectivity index (χ1) is 14.6. The molecule has 2 amide bonds. The average molecular weight is 416 g/mol. The van der Waals surface area contributed by atoms with Gasteiger partial charge in [0.25, 0.3) is 5.91 Å². The number of amides is 2. The molecule has 30 heavy (non-hydrogen) atoms. The third-order valence-electron chi connectivity index (χ3n) is 5.48. The van der Waals surface area contributed by atoms with Crippen LogP contribution in [-0.4, -0.2) is 22.8 Å². The van der Waals surface area contributed by atoms with Crippen molar-refractivity contribution in [1.82, 2.24) is 10.3 Å². The molecule has 2 aliphatic rings. The van der Waals surface area contributed by atoms with Crippen LogP contribution in [0.3, 0.4) is 0 Å². The van der Waals surface area contributed by atoms with Gasteiger partial charge in [0.2, 0.25) is 5.91 Å². The lowest BCUT2D eigenvalue weighted by Gasteiger charge is -2.15. The number of hydrogen-bond acceptors (Lipinski definition) is 3. The molecule has 6 heteroatoms. The van der Waals surface area contributed by atoms with Crippen LogP contribution in [0.4, 0.5) is 5.69 Å². The molecule has 0 fully saturated rings. The molecule has 0 saturated heterocycles. The molecule has 1 unspecified atom stereocenters. The maximum atomic E-state index is 12.7. The van der Waals surface area contributed by atoms with Gasteiger partial charge in [-0.1, -0.05) is 48.0 Å². The van der Waals surface area contributed by atoms with Crippen LogP contribution < -0.4 is 10.6 Å². The fraction of sp³-hybridized carbons (Fsp3) is 0.125. The number of benzene rings is 2. The molecule has 1 aromatic heterocycles. The van der Waals surface area contributed by atoms with E-state index in [2.05, 4.69) is 27.8 Å². The SMILES string of the molecule is O=C1NC(Cc2ccc(-c3ccnc4c3C=CC4)cc2)C(=O)Nc2ccc(Cl)cc21. The third-order valence-corrected chi connectivity index (χ3v) is 5.71. The Morgan fingerprint density at radius 1 is 1.03 bits per heavy atom. The summed E-state index contributed by atoms with van der Waals surface area (Å²) in [5.74, 6) is -0.558. The van der Waals surface area contributed by atoms with E-state index in [0.29, 0.717) is 22.7 Å². The average Bonchev–Trinajstić information content (AvgIpc) is 3.20. The molecule has 0 bridgehead atoms. The molecular weight excluding hydrogens is 398 g/mol. The van der Waals surface area contributed by atoms with Crippen LogP contribution in [-0.2, 0) is 17.6 Å². The standard InChI is InChI=1S/C24H18ClN3O2/c25-16-8-9-21-19(13-16)23(29)28-22(24(30)27-21)12-14-4-6-15(7-5-14)17-10-11-26-20-3-1-2-18(17)20/h1-2,4-11,13,22H,3,12H2,(H,27,30)(H,28,29). The van der Waals surface area contributed by atoms with Gasteiger partial charge in [0, 0.05) is 29.6 Å². The summed E-state index contributed by atoms with van der Waals surface area (Å²) in [5.41, 5.74) is 6.30. The Bertz CT molecular complexity index is 1200. The van der Waals surface area contributed by atoms with Gasteiger partial charge < -0.3 is 10.6 Å². The Hall–Kier alpha value is -3.44. The zero-order valence-corrected chi connectivity index (χ0v) is 16.7. The molecule has 148 valence electrons. The summed E-state index contributed by atoms with van der Waals surface area (Å²) in [4.78, 5) is 29.7. The molecule has 2 heterocycles. The topological polar surface area (TPSA) is 71.1 Å². The van der Waals surface area contributed by atoms with Crippen molar-refractivity contribution < 1.29 is 9.59 Å². The first-order valence-corrected chi connectivity index (χ1v) is 10.1. The van der Waals surface area contributed by atoms with E-state index in [1.54, 1.807) is 18.2 Å². The van der Waals surface area contributed by atoms with Gasteiger partial charge in [-0.15, -0.1) is 0 Å². The number of pyridine rings is 1. The van der Waals surface area contributed by atoms with Gasteiger partial charge in [-0.3, -0.25) is 14.6 Å². The van der Waals surface area contributed by atoms with Crippen molar-refractivity contribution in [3.63, 3.8) is 0 Å². The predicted molar refractivity (Wildman–Crippen MR) is 117 cm³/mol. The first-order valence-electron chi connectivity index (χ1n) is 9.73. The maximum absolute atomic E-state index is 12.7. The number of nitrogens with one attached hydrogen (secondary N) is 2. The van der Waals surface area contributed by atoms with Crippen LogP contribution in [0, 0.1) is 0 Å². The Morgan fingerprint density at radius 2 is 1.87 bits per heavy atom. The van der Waals surface area contributed by atoms with Crippen molar-refractivity contribution in [2.75, 3.05) is 5.32 Å². The Morgan fingerprint density at radius 3 is 2.70 bits per heavy atom. The molecule has 5 nitrogen and oxygen atoms in total. The van der Waals surface area contributed by atoms with Gasteiger partial charge in [-0.25, -0.2) is 0 Å². The molecular formula is C24H18ClN3O2. The van der Waals surface area contributed by atoms with Gasteiger partial charge >= 0.3 is 0 Å². The second-order valence-electron chi connectivity index (χ2n) is 7.43. The minimum atomic E-state index is -0.664. The zero-order valence-electron chi connectivity index (χ0n) is 16.0. The number of allylic oxidation sites excluding steroid dienone is 1. The van der Waals surface area contributed by atoms with E-state index in [-0.39, 0.29) is 11.8 Å². The number of anilines is 1. The number of carbonyl (C=O) groups excluding carboxylic acids is 2. The number of hydrogen-bond donors (Lipinski definition) is 2. The van der Waals surface area contributed by atoms with Gasteiger partial charge in [0.05, 0.1) is 16.9 Å². The molecule has 2 aromatic carbocycles. The van der Waals surface area contributed by atoms with Crippen molar-refractivity contribution in [3.8, 4) is 11.1 Å². The van der Waals surface area contributed by atoms with E-state index < -0.39 is 6.04 Å². The summed E-state index contributed by atoms with van der Waals surface area (Å²) in [6.07, 6.45) is 7.33. The van der Waals surface area contributed by atoms with Crippen molar-refractivity contribution >= 4 is 35.2 Å². The van der Waals surface area contributed by atoms with E-state index in [9.17, 15) is 9.59 Å². The maximum Gasteiger partial charge on any atom is 0.254 e. The number of halogens is 1. The summed E-state index contributed by atoms with van der Waals surface area (Å²) >= 11 is 6.00. The number of fused-ring (bicyclic) bond motifs is 2. The lowest BCUT2D eigenvalue weighted by molar-refractivity contribution is -0.117. The molecule has 2 N–H and O–H groups in total. The largest absolute Gasteiger partial charge is 0.340 e. The molecule has 0 spiro atoms. The lowest BCUT2D eigenvalue weighted by atomic mass is 9.97. The summed E-state index contributed by atoms with van der Waals surface area (Å²) < 4.78 is 0. The zero-order chi connectivity index (χ0) is 20.7. The van der Waals surface area contributed by atoms with Crippen LogP contribution in [0.15, 0.2) is 60.8 Å². The highest BCUT2D eigenvalue weighted by atomic mass is 35.5. The minimum absolute atomic E-state index is 0.245. The normalized spacial score (nSPS) is 17.0. The van der Waals surface area contributed by atoms with Crippen molar-refractivity contribution in [2.45, 2.75) is 18.9 Å². The third kappa shape index (κ3) is 3.37. The quantitative estimate of drug-likeness (QED) is 0.671. The van der Waals surface area contributed by atoms with Crippen molar-refractivity contribution in [3.05, 3.63) is 88.2 Å². The molecule has 1 atom stereocenters. The fourth-order valence-corrected chi connectivity index (χ4v) is 4.11. The number of rotatable bonds is 3. The Kier molecular flexibility index (Phi) is 4.60. The van der Waals surface area contributed by atoms with Crippen LogP contribution in [0.5, 0.6) is 0 Å². The van der Waals surface area contributed by atoms with Crippen molar-refractivity contribution in [2.24, 2.45) is 0 Å². The van der Waals surface area contributed by atoms with E-state index >= 15 is 0 Å². The van der Waals surface area contributed by atoms with Crippen LogP contribution in [0.2, 0.25) is 5.02 Å². The summed E-state index contributed by atoms with van der Waals surface area (Å²) in [6, 6.07) is 14.3. The summed E-state index contributed by atoms with van der Waals surface area (Å²) in [6.45, 7) is 0. The van der Waals surface area contributed by atoms with Gasteiger partial charge in [-0.05, 0) is 41.0 Å². The van der Waals surface area contributed by atoms with Crippen molar-refractivity contribution in [1.29, 1.82) is 0 Å². The van der Waals surface area contributed by atoms with Crippen LogP contribution >= 0.6 is 11.6 Å². The highest BCUT2D eigenvalue weighted by Crippen LogP contribution is 2.30. The highest BCUT2D eigenvalue weighted by Gasteiger charge is 2.28. The predicted octanol–water partition coefficient (Wildman–Crippen LogP) is 4.26. The van der Waals surface area contributed by atoms with Gasteiger partial charge in [0.15, 0.2) is 0 Å². The highest BCUT2D eigenvalue weighted by molar-refractivity contribution is 6.31. The minimum Gasteiger partial charge on any atom is -0.340 e. The molecule has 1 aliphatic carbocycles. The lowest BCUT2D eigenvalue weighted by Crippen LogP contribution is -2.42. The summed E-state index contributed by atoms with van der Waals surface area (Å²) in [5, 5.41) is 6.08.